The molecule has 3 aromatic rings. The third kappa shape index (κ3) is 3.43. The van der Waals surface area contributed by atoms with Gasteiger partial charge in [0.05, 0.1) is 7.11 Å². The SMILES string of the molecule is COC(=O)c1cc(-n2nccc2C)nc(-c2ccc(I)c(I)c2)n1. The number of benzene rings is 1. The highest BCUT2D eigenvalue weighted by Gasteiger charge is 2.16. The molecule has 1 aromatic carbocycles. The molecule has 0 aliphatic rings. The van der Waals surface area contributed by atoms with E-state index in [1.807, 2.05) is 31.2 Å². The molecule has 0 bridgehead atoms. The molecular formula is C16H12I2N4O2. The molecule has 0 atom stereocenters. The second-order valence-corrected chi connectivity index (χ2v) is 7.26. The van der Waals surface area contributed by atoms with Gasteiger partial charge in [-0.05, 0) is 70.3 Å². The van der Waals surface area contributed by atoms with E-state index in [2.05, 4.69) is 60.2 Å². The van der Waals surface area contributed by atoms with E-state index in [9.17, 15) is 4.79 Å². The zero-order valence-electron chi connectivity index (χ0n) is 12.8. The average molecular weight is 546 g/mol. The van der Waals surface area contributed by atoms with Crippen molar-refractivity contribution in [1.82, 2.24) is 19.7 Å². The standard InChI is InChI=1S/C16H12I2N4O2/c1-9-5-6-19-22(9)14-8-13(16(23)24-2)20-15(21-14)10-3-4-11(17)12(18)7-10/h3-8H,1-2H3. The van der Waals surface area contributed by atoms with E-state index in [1.54, 1.807) is 16.9 Å². The Morgan fingerprint density at radius 3 is 2.54 bits per heavy atom. The van der Waals surface area contributed by atoms with Crippen molar-refractivity contribution in [1.29, 1.82) is 0 Å². The van der Waals surface area contributed by atoms with Crippen LogP contribution in [0.4, 0.5) is 0 Å². The molecule has 8 heteroatoms. The molecule has 122 valence electrons. The van der Waals surface area contributed by atoms with Crippen molar-refractivity contribution in [2.24, 2.45) is 0 Å². The van der Waals surface area contributed by atoms with Crippen molar-refractivity contribution < 1.29 is 9.53 Å². The highest BCUT2D eigenvalue weighted by molar-refractivity contribution is 14.1. The lowest BCUT2D eigenvalue weighted by Gasteiger charge is -2.09. The van der Waals surface area contributed by atoms with Crippen molar-refractivity contribution in [3.63, 3.8) is 0 Å². The molecule has 0 unspecified atom stereocenters. The van der Waals surface area contributed by atoms with Gasteiger partial charge in [0.25, 0.3) is 0 Å². The summed E-state index contributed by atoms with van der Waals surface area (Å²) in [5.41, 5.74) is 1.94. The zero-order valence-corrected chi connectivity index (χ0v) is 17.1. The van der Waals surface area contributed by atoms with Crippen LogP contribution in [-0.4, -0.2) is 32.8 Å². The second-order valence-electron chi connectivity index (χ2n) is 4.94. The van der Waals surface area contributed by atoms with E-state index in [4.69, 9.17) is 4.74 Å². The van der Waals surface area contributed by atoms with Gasteiger partial charge in [0.15, 0.2) is 17.3 Å². The fraction of sp³-hybridized carbons (Fsp3) is 0.125. The van der Waals surface area contributed by atoms with Crippen molar-refractivity contribution >= 4 is 51.2 Å². The molecule has 0 radical (unpaired) electrons. The minimum absolute atomic E-state index is 0.195. The number of carbonyl (C=O) groups is 1. The first kappa shape index (κ1) is 17.3. The number of hydrogen-bond acceptors (Lipinski definition) is 5. The number of carbonyl (C=O) groups excluding carboxylic acids is 1. The zero-order chi connectivity index (χ0) is 17.3. The number of rotatable bonds is 3. The molecule has 0 amide bonds. The highest BCUT2D eigenvalue weighted by Crippen LogP contribution is 2.23. The van der Waals surface area contributed by atoms with Crippen LogP contribution < -0.4 is 0 Å². The molecule has 0 spiro atoms. The Morgan fingerprint density at radius 2 is 1.92 bits per heavy atom. The van der Waals surface area contributed by atoms with E-state index in [-0.39, 0.29) is 5.69 Å². The van der Waals surface area contributed by atoms with Gasteiger partial charge in [-0.25, -0.2) is 19.4 Å². The summed E-state index contributed by atoms with van der Waals surface area (Å²) in [6.45, 7) is 1.92. The Bertz CT molecular complexity index is 924. The number of aryl methyl sites for hydroxylation is 1. The third-order valence-corrected chi connectivity index (χ3v) is 6.20. The van der Waals surface area contributed by atoms with Gasteiger partial charge in [0.1, 0.15) is 0 Å². The molecule has 6 nitrogen and oxygen atoms in total. The van der Waals surface area contributed by atoms with Gasteiger partial charge in [-0.3, -0.25) is 0 Å². The summed E-state index contributed by atoms with van der Waals surface area (Å²) in [5, 5.41) is 4.25. The molecule has 24 heavy (non-hydrogen) atoms. The van der Waals surface area contributed by atoms with Gasteiger partial charge in [0.2, 0.25) is 0 Å². The molecule has 0 aliphatic carbocycles. The average Bonchev–Trinajstić information content (AvgIpc) is 3.02. The summed E-state index contributed by atoms with van der Waals surface area (Å²) in [7, 11) is 1.33. The Balaban J connectivity index is 2.20. The van der Waals surface area contributed by atoms with E-state index in [1.165, 1.54) is 7.11 Å². The van der Waals surface area contributed by atoms with Crippen LogP contribution in [0.25, 0.3) is 17.2 Å². The maximum Gasteiger partial charge on any atom is 0.356 e. The second kappa shape index (κ2) is 7.13. The quantitative estimate of drug-likeness (QED) is 0.371. The number of aromatic nitrogens is 4. The van der Waals surface area contributed by atoms with Crippen molar-refractivity contribution in [2.75, 3.05) is 7.11 Å². The van der Waals surface area contributed by atoms with Gasteiger partial charge in [-0.15, -0.1) is 0 Å². The lowest BCUT2D eigenvalue weighted by Crippen LogP contribution is -2.11. The number of ether oxygens (including phenoxy) is 1. The van der Waals surface area contributed by atoms with Crippen LogP contribution >= 0.6 is 45.2 Å². The monoisotopic (exact) mass is 546 g/mol. The van der Waals surface area contributed by atoms with Crippen LogP contribution in [0.2, 0.25) is 0 Å². The highest BCUT2D eigenvalue weighted by atomic mass is 127. The summed E-state index contributed by atoms with van der Waals surface area (Å²) < 4.78 is 8.71. The third-order valence-electron chi connectivity index (χ3n) is 3.33. The van der Waals surface area contributed by atoms with Crippen LogP contribution in [0.1, 0.15) is 16.2 Å². The summed E-state index contributed by atoms with van der Waals surface area (Å²) >= 11 is 4.53. The first-order valence-corrected chi connectivity index (χ1v) is 9.09. The van der Waals surface area contributed by atoms with Crippen LogP contribution in [0.5, 0.6) is 0 Å². The number of methoxy groups -OCH3 is 1. The largest absolute Gasteiger partial charge is 0.464 e. The number of hydrogen-bond donors (Lipinski definition) is 0. The summed E-state index contributed by atoms with van der Waals surface area (Å²) in [4.78, 5) is 20.9. The number of halogens is 2. The minimum atomic E-state index is -0.509. The fourth-order valence-electron chi connectivity index (χ4n) is 2.13. The summed E-state index contributed by atoms with van der Waals surface area (Å²) in [6, 6.07) is 9.35. The summed E-state index contributed by atoms with van der Waals surface area (Å²) in [5.74, 6) is 0.471. The van der Waals surface area contributed by atoms with Crippen molar-refractivity contribution in [3.05, 3.63) is 55.1 Å². The predicted octanol–water partition coefficient (Wildman–Crippen LogP) is 3.63. The van der Waals surface area contributed by atoms with Gasteiger partial charge < -0.3 is 4.74 Å². The molecule has 2 aromatic heterocycles. The van der Waals surface area contributed by atoms with Gasteiger partial charge in [-0.1, -0.05) is 6.07 Å². The van der Waals surface area contributed by atoms with Crippen LogP contribution in [0.3, 0.4) is 0 Å². The maximum atomic E-state index is 12.0. The Kier molecular flexibility index (Phi) is 5.13. The van der Waals surface area contributed by atoms with E-state index >= 15 is 0 Å². The first-order chi connectivity index (χ1) is 11.5. The van der Waals surface area contributed by atoms with E-state index in [0.29, 0.717) is 11.6 Å². The molecule has 0 saturated carbocycles. The van der Waals surface area contributed by atoms with Crippen molar-refractivity contribution in [2.45, 2.75) is 6.92 Å². The normalized spacial score (nSPS) is 10.7. The Morgan fingerprint density at radius 1 is 1.12 bits per heavy atom. The summed E-state index contributed by atoms with van der Waals surface area (Å²) in [6.07, 6.45) is 1.68. The lowest BCUT2D eigenvalue weighted by molar-refractivity contribution is 0.0594. The van der Waals surface area contributed by atoms with E-state index < -0.39 is 5.97 Å². The Hall–Kier alpha value is -1.56. The Labute approximate surface area is 165 Å². The molecule has 0 aliphatic heterocycles. The van der Waals surface area contributed by atoms with E-state index in [0.717, 1.165) is 18.4 Å². The maximum absolute atomic E-state index is 12.0. The van der Waals surface area contributed by atoms with Gasteiger partial charge in [0, 0.05) is 30.7 Å². The van der Waals surface area contributed by atoms with Gasteiger partial charge >= 0.3 is 5.97 Å². The molecule has 0 fully saturated rings. The topological polar surface area (TPSA) is 69.9 Å². The van der Waals surface area contributed by atoms with Crippen LogP contribution in [0.15, 0.2) is 36.5 Å². The van der Waals surface area contributed by atoms with Crippen molar-refractivity contribution in [3.8, 4) is 17.2 Å². The first-order valence-electron chi connectivity index (χ1n) is 6.93. The van der Waals surface area contributed by atoms with Gasteiger partial charge in [-0.2, -0.15) is 5.10 Å². The van der Waals surface area contributed by atoms with Crippen LogP contribution in [-0.2, 0) is 4.74 Å². The smallest absolute Gasteiger partial charge is 0.356 e. The molecular weight excluding hydrogens is 534 g/mol. The molecule has 3 rings (SSSR count). The minimum Gasteiger partial charge on any atom is -0.464 e. The lowest BCUT2D eigenvalue weighted by atomic mass is 10.2. The molecule has 0 N–H and O–H groups in total. The molecule has 2 heterocycles. The predicted molar refractivity (Wildman–Crippen MR) is 106 cm³/mol. The molecule has 0 saturated heterocycles. The number of esters is 1. The van der Waals surface area contributed by atoms with Crippen LogP contribution in [0, 0.1) is 14.1 Å². The number of nitrogens with zero attached hydrogens (tertiary/aromatic N) is 4. The fourth-order valence-corrected chi connectivity index (χ4v) is 2.98.